The Kier molecular flexibility index (Phi) is 0.760. The van der Waals surface area contributed by atoms with Crippen molar-refractivity contribution in [2.75, 3.05) is 0 Å². The van der Waals surface area contributed by atoms with E-state index >= 15 is 0 Å². The van der Waals surface area contributed by atoms with Gasteiger partial charge in [-0.05, 0) is 30.2 Å². The molecule has 1 heteroatoms. The summed E-state index contributed by atoms with van der Waals surface area (Å²) in [6.07, 6.45) is 8.77. The number of rotatable bonds is 0. The van der Waals surface area contributed by atoms with Gasteiger partial charge in [0.15, 0.2) is 0 Å². The van der Waals surface area contributed by atoms with Crippen LogP contribution in [0.2, 0.25) is 5.04 Å². The molecule has 2 rings (SSSR count). The predicted molar refractivity (Wildman–Crippen MR) is 34.9 cm³/mol. The van der Waals surface area contributed by atoms with E-state index in [9.17, 15) is 0 Å². The fourth-order valence-electron chi connectivity index (χ4n) is 1.75. The van der Waals surface area contributed by atoms with Crippen LogP contribution in [0.3, 0.4) is 0 Å². The molecule has 1 fully saturated rings. The summed E-state index contributed by atoms with van der Waals surface area (Å²) in [5.74, 6) is 0.910. The minimum atomic E-state index is 0.435. The first-order valence-electron chi connectivity index (χ1n) is 3.23. The lowest BCUT2D eigenvalue weighted by atomic mass is 10.1. The molecule has 2 aliphatic carbocycles. The maximum Gasteiger partial charge on any atom is 0.0370 e. The smallest absolute Gasteiger partial charge is 0.0370 e. The molecule has 0 aromatic rings. The quantitative estimate of drug-likeness (QED) is 0.338. The lowest BCUT2D eigenvalue weighted by Crippen LogP contribution is -1.99. The average Bonchev–Trinajstić information content (AvgIpc) is 2.21. The molecular formula is C7H9Si. The molecule has 0 spiro atoms. The second kappa shape index (κ2) is 1.27. The van der Waals surface area contributed by atoms with Gasteiger partial charge in [-0.25, -0.2) is 0 Å². The van der Waals surface area contributed by atoms with E-state index in [0.29, 0.717) is 5.04 Å². The summed E-state index contributed by atoms with van der Waals surface area (Å²) in [7, 11) is 3.75. The van der Waals surface area contributed by atoms with Crippen molar-refractivity contribution < 1.29 is 0 Å². The van der Waals surface area contributed by atoms with Crippen molar-refractivity contribution in [2.24, 2.45) is 5.92 Å². The SMILES string of the molecule is [Si]C12C=CC(CC1)C2. The second-order valence-electron chi connectivity index (χ2n) is 3.02. The van der Waals surface area contributed by atoms with Crippen molar-refractivity contribution in [1.82, 2.24) is 0 Å². The fourth-order valence-corrected chi connectivity index (χ4v) is 2.25. The van der Waals surface area contributed by atoms with Gasteiger partial charge in [0.2, 0.25) is 0 Å². The number of hydrogen-bond donors (Lipinski definition) is 0. The molecule has 41 valence electrons. The van der Waals surface area contributed by atoms with Gasteiger partial charge in [0.25, 0.3) is 0 Å². The maximum atomic E-state index is 3.75. The summed E-state index contributed by atoms with van der Waals surface area (Å²) in [6, 6.07) is 0. The monoisotopic (exact) mass is 121 g/mol. The first-order valence-corrected chi connectivity index (χ1v) is 3.73. The van der Waals surface area contributed by atoms with Crippen LogP contribution in [-0.2, 0) is 0 Å². The Bertz CT molecular complexity index is 139. The molecule has 3 radical (unpaired) electrons. The molecule has 0 N–H and O–H groups in total. The van der Waals surface area contributed by atoms with Gasteiger partial charge in [0.1, 0.15) is 0 Å². The Hall–Kier alpha value is -0.0431. The first kappa shape index (κ1) is 4.80. The topological polar surface area (TPSA) is 0 Å². The van der Waals surface area contributed by atoms with Gasteiger partial charge in [0.05, 0.1) is 0 Å². The van der Waals surface area contributed by atoms with Gasteiger partial charge >= 0.3 is 0 Å². The van der Waals surface area contributed by atoms with E-state index in [1.807, 2.05) is 0 Å². The zero-order chi connectivity index (χ0) is 5.61. The van der Waals surface area contributed by atoms with Crippen LogP contribution in [0.4, 0.5) is 0 Å². The Morgan fingerprint density at radius 3 is 2.62 bits per heavy atom. The summed E-state index contributed by atoms with van der Waals surface area (Å²) in [5, 5.41) is 0.435. The summed E-state index contributed by atoms with van der Waals surface area (Å²) in [6.45, 7) is 0. The summed E-state index contributed by atoms with van der Waals surface area (Å²) in [4.78, 5) is 0. The second-order valence-corrected chi connectivity index (χ2v) is 4.01. The highest BCUT2D eigenvalue weighted by atomic mass is 28.1. The van der Waals surface area contributed by atoms with Crippen LogP contribution in [0, 0.1) is 5.92 Å². The van der Waals surface area contributed by atoms with E-state index in [-0.39, 0.29) is 0 Å². The van der Waals surface area contributed by atoms with E-state index in [4.69, 9.17) is 0 Å². The molecule has 0 amide bonds. The molecule has 0 nitrogen and oxygen atoms in total. The summed E-state index contributed by atoms with van der Waals surface area (Å²) in [5.41, 5.74) is 0. The third-order valence-corrected chi connectivity index (χ3v) is 2.90. The van der Waals surface area contributed by atoms with Crippen molar-refractivity contribution in [1.29, 1.82) is 0 Å². The lowest BCUT2D eigenvalue weighted by Gasteiger charge is -2.13. The van der Waals surface area contributed by atoms with E-state index in [0.717, 1.165) is 5.92 Å². The highest BCUT2D eigenvalue weighted by Crippen LogP contribution is 2.52. The molecule has 0 aromatic heterocycles. The van der Waals surface area contributed by atoms with Gasteiger partial charge in [-0.1, -0.05) is 12.2 Å². The average molecular weight is 121 g/mol. The zero-order valence-corrected chi connectivity index (χ0v) is 5.85. The van der Waals surface area contributed by atoms with Crippen LogP contribution in [0.5, 0.6) is 0 Å². The maximum absolute atomic E-state index is 3.75. The molecule has 8 heavy (non-hydrogen) atoms. The lowest BCUT2D eigenvalue weighted by molar-refractivity contribution is 0.698. The van der Waals surface area contributed by atoms with Crippen molar-refractivity contribution in [3.63, 3.8) is 0 Å². The summed E-state index contributed by atoms with van der Waals surface area (Å²) >= 11 is 0. The Balaban J connectivity index is 2.33. The highest BCUT2D eigenvalue weighted by molar-refractivity contribution is 6.17. The minimum absolute atomic E-state index is 0.435. The molecule has 2 unspecified atom stereocenters. The number of hydrogen-bond acceptors (Lipinski definition) is 0. The van der Waals surface area contributed by atoms with E-state index in [1.54, 1.807) is 0 Å². The first-order chi connectivity index (χ1) is 3.79. The molecule has 2 aliphatic rings. The molecule has 0 heterocycles. The van der Waals surface area contributed by atoms with Crippen LogP contribution in [-0.4, -0.2) is 10.2 Å². The van der Waals surface area contributed by atoms with Crippen molar-refractivity contribution in [3.8, 4) is 0 Å². The standard InChI is InChI=1S/C7H9Si/c8-7-3-1-6(5-7)2-4-7/h1,3,6H,2,4-5H2. The van der Waals surface area contributed by atoms with Gasteiger partial charge in [0, 0.05) is 10.2 Å². The van der Waals surface area contributed by atoms with E-state index in [1.165, 1.54) is 19.3 Å². The Morgan fingerprint density at radius 1 is 1.62 bits per heavy atom. The van der Waals surface area contributed by atoms with Crippen LogP contribution in [0.1, 0.15) is 19.3 Å². The van der Waals surface area contributed by atoms with Crippen molar-refractivity contribution in [2.45, 2.75) is 24.3 Å². The Labute approximate surface area is 53.4 Å². The number of allylic oxidation sites excluding steroid dienone is 2. The highest BCUT2D eigenvalue weighted by Gasteiger charge is 2.36. The van der Waals surface area contributed by atoms with Crippen molar-refractivity contribution >= 4 is 10.2 Å². The van der Waals surface area contributed by atoms with Gasteiger partial charge in [-0.15, -0.1) is 0 Å². The third kappa shape index (κ3) is 0.509. The van der Waals surface area contributed by atoms with Gasteiger partial charge in [-0.3, -0.25) is 0 Å². The zero-order valence-electron chi connectivity index (χ0n) is 4.85. The van der Waals surface area contributed by atoms with Crippen LogP contribution in [0.15, 0.2) is 12.2 Å². The van der Waals surface area contributed by atoms with Crippen LogP contribution >= 0.6 is 0 Å². The van der Waals surface area contributed by atoms with Crippen LogP contribution in [0.25, 0.3) is 0 Å². The molecule has 0 aliphatic heterocycles. The van der Waals surface area contributed by atoms with Crippen molar-refractivity contribution in [3.05, 3.63) is 12.2 Å². The van der Waals surface area contributed by atoms with E-state index in [2.05, 4.69) is 22.4 Å². The minimum Gasteiger partial charge on any atom is -0.0856 e. The van der Waals surface area contributed by atoms with Gasteiger partial charge in [-0.2, -0.15) is 0 Å². The number of fused-ring (bicyclic) bond motifs is 2. The molecule has 2 atom stereocenters. The summed E-state index contributed by atoms with van der Waals surface area (Å²) < 4.78 is 0. The molecule has 0 aromatic carbocycles. The molecule has 1 saturated carbocycles. The fraction of sp³-hybridized carbons (Fsp3) is 0.714. The van der Waals surface area contributed by atoms with Gasteiger partial charge < -0.3 is 0 Å². The molecular weight excluding hydrogens is 112 g/mol. The predicted octanol–water partition coefficient (Wildman–Crippen LogP) is 1.68. The molecule has 2 bridgehead atoms. The molecule has 0 saturated heterocycles. The normalized spacial score (nSPS) is 50.9. The van der Waals surface area contributed by atoms with E-state index < -0.39 is 0 Å². The third-order valence-electron chi connectivity index (χ3n) is 2.28. The van der Waals surface area contributed by atoms with Crippen LogP contribution < -0.4 is 0 Å². The Morgan fingerprint density at radius 2 is 2.50 bits per heavy atom. The largest absolute Gasteiger partial charge is 0.0856 e.